The first-order valence-corrected chi connectivity index (χ1v) is 10.9. The largest absolute Gasteiger partial charge is 1.00 e. The number of benzene rings is 2. The number of halogens is 2. The predicted octanol–water partition coefficient (Wildman–Crippen LogP) is -0.697. The number of nitrogens with zero attached hydrogens (tertiary/aromatic N) is 4. The van der Waals surface area contributed by atoms with Crippen LogP contribution >= 0.6 is 0 Å². The van der Waals surface area contributed by atoms with E-state index in [1.54, 1.807) is 35.0 Å². The van der Waals surface area contributed by atoms with Crippen molar-refractivity contribution in [3.63, 3.8) is 0 Å². The molecule has 1 aromatic heterocycles. The number of carbonyl (C=O) groups excluding carboxylic acids is 1. The third-order valence-corrected chi connectivity index (χ3v) is 5.16. The van der Waals surface area contributed by atoms with Gasteiger partial charge in [-0.1, -0.05) is 36.4 Å². The number of aliphatic hydroxyl groups excluding tert-OH is 2. The minimum atomic E-state index is -1.43. The first-order valence-electron chi connectivity index (χ1n) is 10.9. The summed E-state index contributed by atoms with van der Waals surface area (Å²) >= 11 is 0. The summed E-state index contributed by atoms with van der Waals surface area (Å²) in [6.45, 7) is 3.75. The summed E-state index contributed by atoms with van der Waals surface area (Å²) < 4.78 is 29.0. The number of aromatic nitrogens is 4. The standard InChI is InChI=1S/C25H26F2N4O4.Na/c1-15(2)31-25(28-29-30-31)22(12-11-20(32)13-21(33)14-23(34)35)24(16-3-7-18(26)8-4-16)17-5-9-19(27)10-6-17;/h3-12,15,20-21,32-33H,13-14H2,1-2H3,(H,34,35);/q;+1/p-1/b12-11+;. The summed E-state index contributed by atoms with van der Waals surface area (Å²) in [6.07, 6.45) is -0.444. The molecule has 1 heterocycles. The monoisotopic (exact) mass is 506 g/mol. The van der Waals surface area contributed by atoms with E-state index < -0.39 is 36.2 Å². The molecule has 2 N–H and O–H groups in total. The number of carbonyl (C=O) groups is 1. The third-order valence-electron chi connectivity index (χ3n) is 5.16. The number of carboxylic acid groups (broad SMARTS) is 1. The molecular formula is C25H25F2N4NaO4. The summed E-state index contributed by atoms with van der Waals surface area (Å²) in [5.41, 5.74) is 2.15. The maximum atomic E-state index is 13.7. The first-order chi connectivity index (χ1) is 16.7. The van der Waals surface area contributed by atoms with Gasteiger partial charge in [0.15, 0.2) is 5.82 Å². The van der Waals surface area contributed by atoms with Gasteiger partial charge in [0.25, 0.3) is 0 Å². The van der Waals surface area contributed by atoms with E-state index >= 15 is 0 Å². The summed E-state index contributed by atoms with van der Waals surface area (Å²) in [5, 5.41) is 42.9. The molecule has 2 unspecified atom stereocenters. The van der Waals surface area contributed by atoms with E-state index in [9.17, 15) is 28.9 Å². The zero-order valence-corrected chi connectivity index (χ0v) is 22.2. The molecule has 0 aliphatic carbocycles. The number of hydrogen-bond donors (Lipinski definition) is 2. The Morgan fingerprint density at radius 1 is 1.03 bits per heavy atom. The number of allylic oxidation sites excluding steroid dienone is 2. The third kappa shape index (κ3) is 7.87. The first kappa shape index (κ1) is 29.5. The van der Waals surface area contributed by atoms with Crippen molar-refractivity contribution < 1.29 is 58.5 Å². The number of aliphatic carboxylic acids is 1. The maximum absolute atomic E-state index is 13.7. The molecule has 0 saturated carbocycles. The summed E-state index contributed by atoms with van der Waals surface area (Å²) in [7, 11) is 0. The van der Waals surface area contributed by atoms with Gasteiger partial charge in [-0.15, -0.1) is 5.10 Å². The van der Waals surface area contributed by atoms with E-state index in [1.165, 1.54) is 30.3 Å². The van der Waals surface area contributed by atoms with Gasteiger partial charge in [0, 0.05) is 24.4 Å². The second-order valence-corrected chi connectivity index (χ2v) is 8.24. The molecule has 2 aromatic carbocycles. The van der Waals surface area contributed by atoms with Gasteiger partial charge in [-0.3, -0.25) is 0 Å². The maximum Gasteiger partial charge on any atom is 1.00 e. The van der Waals surface area contributed by atoms with Crippen molar-refractivity contribution >= 4 is 17.1 Å². The normalized spacial score (nSPS) is 12.9. The Bertz CT molecular complexity index is 1160. The van der Waals surface area contributed by atoms with Gasteiger partial charge in [-0.25, -0.2) is 13.5 Å². The Balaban J connectivity index is 0.00000456. The molecule has 36 heavy (non-hydrogen) atoms. The van der Waals surface area contributed by atoms with Crippen LogP contribution in [0.2, 0.25) is 0 Å². The van der Waals surface area contributed by atoms with Crippen molar-refractivity contribution in [1.82, 2.24) is 20.2 Å². The second-order valence-electron chi connectivity index (χ2n) is 8.24. The molecule has 0 aliphatic rings. The van der Waals surface area contributed by atoms with Crippen molar-refractivity contribution in [2.45, 2.75) is 44.9 Å². The van der Waals surface area contributed by atoms with Crippen LogP contribution in [0.4, 0.5) is 8.78 Å². The molecule has 184 valence electrons. The van der Waals surface area contributed by atoms with E-state index in [0.29, 0.717) is 28.1 Å². The smallest absolute Gasteiger partial charge is 0.550 e. The molecule has 0 radical (unpaired) electrons. The molecule has 0 aliphatic heterocycles. The molecule has 0 bridgehead atoms. The van der Waals surface area contributed by atoms with Gasteiger partial charge in [0.2, 0.25) is 0 Å². The van der Waals surface area contributed by atoms with Crippen molar-refractivity contribution in [2.75, 3.05) is 0 Å². The molecule has 3 aromatic rings. The summed E-state index contributed by atoms with van der Waals surface area (Å²) in [5.74, 6) is -1.97. The molecule has 0 fully saturated rings. The van der Waals surface area contributed by atoms with Crippen LogP contribution in [-0.2, 0) is 4.79 Å². The van der Waals surface area contributed by atoms with Crippen molar-refractivity contribution in [3.8, 4) is 0 Å². The van der Waals surface area contributed by atoms with Crippen LogP contribution in [-0.4, -0.2) is 48.6 Å². The van der Waals surface area contributed by atoms with Crippen LogP contribution in [0.5, 0.6) is 0 Å². The Kier molecular flexibility index (Phi) is 11.1. The predicted molar refractivity (Wildman–Crippen MR) is 122 cm³/mol. The molecule has 11 heteroatoms. The van der Waals surface area contributed by atoms with Crippen molar-refractivity contribution in [3.05, 3.63) is 89.3 Å². The van der Waals surface area contributed by atoms with E-state index in [-0.39, 0.29) is 42.0 Å². The summed E-state index contributed by atoms with van der Waals surface area (Å²) in [4.78, 5) is 10.7. The minimum absolute atomic E-state index is 0. The molecule has 0 saturated heterocycles. The molecule has 0 amide bonds. The van der Waals surface area contributed by atoms with E-state index in [2.05, 4.69) is 15.5 Å². The SMILES string of the molecule is CC(C)n1nnnc1C(/C=C/C(O)CC(O)CC(=O)[O-])=C(c1ccc(F)cc1)c1ccc(F)cc1.[Na+]. The van der Waals surface area contributed by atoms with Gasteiger partial charge in [-0.05, 0) is 65.2 Å². The zero-order valence-electron chi connectivity index (χ0n) is 20.2. The quantitative estimate of drug-likeness (QED) is 0.275. The van der Waals surface area contributed by atoms with Crippen molar-refractivity contribution in [1.29, 1.82) is 0 Å². The Morgan fingerprint density at radius 2 is 1.56 bits per heavy atom. The van der Waals surface area contributed by atoms with Crippen LogP contribution in [0.15, 0.2) is 60.7 Å². The van der Waals surface area contributed by atoms with Crippen molar-refractivity contribution in [2.24, 2.45) is 0 Å². The average Bonchev–Trinajstić information content (AvgIpc) is 3.28. The molecular weight excluding hydrogens is 481 g/mol. The van der Waals surface area contributed by atoms with E-state index in [4.69, 9.17) is 0 Å². The van der Waals surface area contributed by atoms with E-state index in [1.807, 2.05) is 13.8 Å². The average molecular weight is 506 g/mol. The van der Waals surface area contributed by atoms with Gasteiger partial charge in [0.05, 0.1) is 18.2 Å². The number of aliphatic hydroxyl groups is 2. The minimum Gasteiger partial charge on any atom is -0.550 e. The van der Waals surface area contributed by atoms with Crippen LogP contribution in [0, 0.1) is 11.6 Å². The van der Waals surface area contributed by atoms with Crippen LogP contribution < -0.4 is 34.7 Å². The van der Waals surface area contributed by atoms with E-state index in [0.717, 1.165) is 0 Å². The number of rotatable bonds is 10. The van der Waals surface area contributed by atoms with Gasteiger partial charge in [-0.2, -0.15) is 0 Å². The molecule has 8 nitrogen and oxygen atoms in total. The number of hydrogen-bond acceptors (Lipinski definition) is 7. The fraction of sp³-hybridized carbons (Fsp3) is 0.280. The second kappa shape index (κ2) is 13.5. The number of carboxylic acids is 1. The Labute approximate surface area is 229 Å². The van der Waals surface area contributed by atoms with Gasteiger partial charge >= 0.3 is 29.6 Å². The molecule has 2 atom stereocenters. The summed E-state index contributed by atoms with van der Waals surface area (Å²) in [6, 6.07) is 11.3. The van der Waals surface area contributed by atoms with Gasteiger partial charge in [0.1, 0.15) is 11.6 Å². The van der Waals surface area contributed by atoms with Crippen LogP contribution in [0.1, 0.15) is 49.7 Å². The fourth-order valence-electron chi connectivity index (χ4n) is 3.54. The Hall–Kier alpha value is -2.76. The molecule has 3 rings (SSSR count). The fourth-order valence-corrected chi connectivity index (χ4v) is 3.54. The van der Waals surface area contributed by atoms with Crippen LogP contribution in [0.3, 0.4) is 0 Å². The van der Waals surface area contributed by atoms with Crippen LogP contribution in [0.25, 0.3) is 11.1 Å². The molecule has 0 spiro atoms. The zero-order chi connectivity index (χ0) is 25.5. The number of tetrazole rings is 1. The topological polar surface area (TPSA) is 124 Å². The Morgan fingerprint density at radius 3 is 2.03 bits per heavy atom. The van der Waals surface area contributed by atoms with Gasteiger partial charge < -0.3 is 20.1 Å².